The van der Waals surface area contributed by atoms with Gasteiger partial charge in [-0.1, -0.05) is 41.9 Å². The second-order valence-corrected chi connectivity index (χ2v) is 4.99. The molecule has 0 fully saturated rings. The summed E-state index contributed by atoms with van der Waals surface area (Å²) in [5.41, 5.74) is 0.201. The molecule has 1 rings (SSSR count). The molecule has 0 aliphatic carbocycles. The number of aliphatic hydroxyl groups is 1. The fourth-order valence-electron chi connectivity index (χ4n) is 1.68. The maximum absolute atomic E-state index is 10.6. The van der Waals surface area contributed by atoms with Gasteiger partial charge >= 0.3 is 0 Å². The standard InChI is InChI=1S/C13H20BrNO/c1-3-8-15-10-13(16,4-2)11-6-5-7-12(14)9-11/h5-7,9,15-16H,3-4,8,10H2,1-2H3. The maximum Gasteiger partial charge on any atom is 0.102 e. The Balaban J connectivity index is 2.78. The Morgan fingerprint density at radius 2 is 2.12 bits per heavy atom. The third-order valence-corrected chi connectivity index (χ3v) is 3.28. The average molecular weight is 286 g/mol. The molecular weight excluding hydrogens is 266 g/mol. The van der Waals surface area contributed by atoms with Crippen molar-refractivity contribution in [3.05, 3.63) is 34.3 Å². The fraction of sp³-hybridized carbons (Fsp3) is 0.538. The van der Waals surface area contributed by atoms with E-state index in [1.54, 1.807) is 0 Å². The predicted molar refractivity (Wildman–Crippen MR) is 71.5 cm³/mol. The summed E-state index contributed by atoms with van der Waals surface area (Å²) in [7, 11) is 0. The molecular formula is C13H20BrNO. The van der Waals surface area contributed by atoms with Crippen LogP contribution in [0.1, 0.15) is 32.3 Å². The smallest absolute Gasteiger partial charge is 0.102 e. The lowest BCUT2D eigenvalue weighted by Gasteiger charge is -2.28. The molecule has 0 saturated carbocycles. The first kappa shape index (κ1) is 13.7. The summed E-state index contributed by atoms with van der Waals surface area (Å²) in [6.45, 7) is 5.68. The van der Waals surface area contributed by atoms with E-state index in [-0.39, 0.29) is 0 Å². The molecule has 0 radical (unpaired) electrons. The minimum atomic E-state index is -0.765. The van der Waals surface area contributed by atoms with E-state index in [1.807, 2.05) is 31.2 Å². The van der Waals surface area contributed by atoms with Gasteiger partial charge in [-0.25, -0.2) is 0 Å². The van der Waals surface area contributed by atoms with Crippen molar-refractivity contribution in [3.63, 3.8) is 0 Å². The van der Waals surface area contributed by atoms with Crippen LogP contribution in [0, 0.1) is 0 Å². The van der Waals surface area contributed by atoms with Gasteiger partial charge in [-0.15, -0.1) is 0 Å². The van der Waals surface area contributed by atoms with Crippen molar-refractivity contribution in [2.24, 2.45) is 0 Å². The van der Waals surface area contributed by atoms with Crippen LogP contribution in [0.4, 0.5) is 0 Å². The average Bonchev–Trinajstić information content (AvgIpc) is 2.29. The van der Waals surface area contributed by atoms with E-state index in [1.165, 1.54) is 0 Å². The molecule has 0 aliphatic heterocycles. The number of rotatable bonds is 6. The number of halogens is 1. The van der Waals surface area contributed by atoms with Gasteiger partial charge in [0.25, 0.3) is 0 Å². The van der Waals surface area contributed by atoms with E-state index >= 15 is 0 Å². The monoisotopic (exact) mass is 285 g/mol. The van der Waals surface area contributed by atoms with Gasteiger partial charge in [0.15, 0.2) is 0 Å². The lowest BCUT2D eigenvalue weighted by Crippen LogP contribution is -2.37. The van der Waals surface area contributed by atoms with Crippen molar-refractivity contribution in [2.75, 3.05) is 13.1 Å². The fourth-order valence-corrected chi connectivity index (χ4v) is 2.08. The summed E-state index contributed by atoms with van der Waals surface area (Å²) >= 11 is 3.43. The Kier molecular flexibility index (Phi) is 5.46. The minimum absolute atomic E-state index is 0.605. The van der Waals surface area contributed by atoms with Crippen molar-refractivity contribution in [1.29, 1.82) is 0 Å². The highest BCUT2D eigenvalue weighted by atomic mass is 79.9. The highest BCUT2D eigenvalue weighted by Crippen LogP contribution is 2.26. The lowest BCUT2D eigenvalue weighted by atomic mass is 9.91. The van der Waals surface area contributed by atoms with E-state index in [9.17, 15) is 5.11 Å². The molecule has 2 nitrogen and oxygen atoms in total. The Morgan fingerprint density at radius 1 is 1.38 bits per heavy atom. The molecule has 0 aromatic heterocycles. The summed E-state index contributed by atoms with van der Waals surface area (Å²) in [6, 6.07) is 7.89. The Hall–Kier alpha value is -0.380. The number of nitrogens with one attached hydrogen (secondary N) is 1. The molecule has 0 bridgehead atoms. The van der Waals surface area contributed by atoms with E-state index in [2.05, 4.69) is 28.2 Å². The molecule has 1 aromatic rings. The maximum atomic E-state index is 10.6. The second-order valence-electron chi connectivity index (χ2n) is 4.07. The second kappa shape index (κ2) is 6.38. The van der Waals surface area contributed by atoms with Gasteiger partial charge in [0.2, 0.25) is 0 Å². The molecule has 90 valence electrons. The van der Waals surface area contributed by atoms with Crippen LogP contribution in [0.3, 0.4) is 0 Å². The quantitative estimate of drug-likeness (QED) is 0.788. The van der Waals surface area contributed by atoms with E-state index in [0.717, 1.165) is 23.0 Å². The molecule has 0 heterocycles. The number of benzene rings is 1. The molecule has 2 N–H and O–H groups in total. The van der Waals surface area contributed by atoms with Crippen molar-refractivity contribution < 1.29 is 5.11 Å². The van der Waals surface area contributed by atoms with Crippen LogP contribution in [0.5, 0.6) is 0 Å². The van der Waals surface area contributed by atoms with Gasteiger partial charge in [0.1, 0.15) is 5.60 Å². The SMILES string of the molecule is CCCNCC(O)(CC)c1cccc(Br)c1. The Bertz CT molecular complexity index is 329. The highest BCUT2D eigenvalue weighted by molar-refractivity contribution is 9.10. The molecule has 0 aliphatic rings. The minimum Gasteiger partial charge on any atom is -0.384 e. The third-order valence-electron chi connectivity index (χ3n) is 2.79. The summed E-state index contributed by atoms with van der Waals surface area (Å²) in [5.74, 6) is 0. The summed E-state index contributed by atoms with van der Waals surface area (Å²) in [6.07, 6.45) is 1.79. The van der Waals surface area contributed by atoms with Crippen molar-refractivity contribution in [3.8, 4) is 0 Å². The van der Waals surface area contributed by atoms with Crippen LogP contribution in [0.15, 0.2) is 28.7 Å². The van der Waals surface area contributed by atoms with E-state index < -0.39 is 5.60 Å². The molecule has 1 unspecified atom stereocenters. The topological polar surface area (TPSA) is 32.3 Å². The zero-order valence-electron chi connectivity index (χ0n) is 9.96. The zero-order chi connectivity index (χ0) is 12.0. The Labute approximate surface area is 106 Å². The summed E-state index contributed by atoms with van der Waals surface area (Å²) < 4.78 is 1.01. The van der Waals surface area contributed by atoms with Gasteiger partial charge < -0.3 is 10.4 Å². The van der Waals surface area contributed by atoms with E-state index in [4.69, 9.17) is 0 Å². The van der Waals surface area contributed by atoms with E-state index in [0.29, 0.717) is 13.0 Å². The van der Waals surface area contributed by atoms with Gasteiger partial charge in [0, 0.05) is 11.0 Å². The van der Waals surface area contributed by atoms with Crippen molar-refractivity contribution in [2.45, 2.75) is 32.3 Å². The molecule has 0 spiro atoms. The number of hydrogen-bond donors (Lipinski definition) is 2. The first-order valence-corrected chi connectivity index (χ1v) is 6.61. The first-order valence-electron chi connectivity index (χ1n) is 5.81. The zero-order valence-corrected chi connectivity index (χ0v) is 11.5. The predicted octanol–water partition coefficient (Wildman–Crippen LogP) is 3.05. The van der Waals surface area contributed by atoms with Crippen LogP contribution in [0.25, 0.3) is 0 Å². The van der Waals surface area contributed by atoms with Crippen LogP contribution in [0.2, 0.25) is 0 Å². The van der Waals surface area contributed by atoms with Crippen LogP contribution >= 0.6 is 15.9 Å². The van der Waals surface area contributed by atoms with Gasteiger partial charge in [-0.05, 0) is 37.1 Å². The van der Waals surface area contributed by atoms with Crippen LogP contribution in [-0.4, -0.2) is 18.2 Å². The Morgan fingerprint density at radius 3 is 2.69 bits per heavy atom. The summed E-state index contributed by atoms with van der Waals surface area (Å²) in [4.78, 5) is 0. The van der Waals surface area contributed by atoms with Gasteiger partial charge in [-0.2, -0.15) is 0 Å². The summed E-state index contributed by atoms with van der Waals surface area (Å²) in [5, 5.41) is 13.8. The lowest BCUT2D eigenvalue weighted by molar-refractivity contribution is 0.0328. The van der Waals surface area contributed by atoms with Crippen LogP contribution in [-0.2, 0) is 5.60 Å². The first-order chi connectivity index (χ1) is 7.62. The molecule has 3 heteroatoms. The molecule has 1 atom stereocenters. The van der Waals surface area contributed by atoms with Crippen LogP contribution < -0.4 is 5.32 Å². The van der Waals surface area contributed by atoms with Crippen molar-refractivity contribution in [1.82, 2.24) is 5.32 Å². The van der Waals surface area contributed by atoms with Crippen molar-refractivity contribution >= 4 is 15.9 Å². The van der Waals surface area contributed by atoms with Gasteiger partial charge in [-0.3, -0.25) is 0 Å². The normalized spacial score (nSPS) is 14.8. The number of hydrogen-bond acceptors (Lipinski definition) is 2. The van der Waals surface area contributed by atoms with Gasteiger partial charge in [0.05, 0.1) is 0 Å². The highest BCUT2D eigenvalue weighted by Gasteiger charge is 2.26. The third kappa shape index (κ3) is 3.58. The molecule has 16 heavy (non-hydrogen) atoms. The molecule has 0 saturated heterocycles. The molecule has 0 amide bonds. The molecule has 1 aromatic carbocycles. The largest absolute Gasteiger partial charge is 0.384 e.